The smallest absolute Gasteiger partial charge is 0.290 e. The summed E-state index contributed by atoms with van der Waals surface area (Å²) in [6.45, 7) is 1.70. The van der Waals surface area contributed by atoms with Crippen molar-refractivity contribution in [2.45, 2.75) is 13.3 Å². The topological polar surface area (TPSA) is 54.4 Å². The maximum absolute atomic E-state index is 11.5. The molecule has 15 heavy (non-hydrogen) atoms. The molecule has 1 atom stereocenters. The highest BCUT2D eigenvalue weighted by atomic mass is 35.5. The second-order valence-electron chi connectivity index (χ2n) is 3.38. The predicted octanol–water partition coefficient (Wildman–Crippen LogP) is 2.42. The van der Waals surface area contributed by atoms with Gasteiger partial charge in [-0.2, -0.15) is 0 Å². The van der Waals surface area contributed by atoms with Gasteiger partial charge in [0, 0.05) is 16.5 Å². The first-order valence-corrected chi connectivity index (χ1v) is 4.88. The molecule has 0 saturated heterocycles. The van der Waals surface area contributed by atoms with Gasteiger partial charge in [0.2, 0.25) is 0 Å². The van der Waals surface area contributed by atoms with Crippen LogP contribution in [0.5, 0.6) is 0 Å². The number of ketones is 1. The van der Waals surface area contributed by atoms with Crippen molar-refractivity contribution < 1.29 is 14.7 Å². The van der Waals surface area contributed by atoms with Gasteiger partial charge >= 0.3 is 0 Å². The molecule has 0 aliphatic heterocycles. The minimum Gasteiger partial charge on any atom is -0.483 e. The summed E-state index contributed by atoms with van der Waals surface area (Å²) in [6, 6.07) is 5.48. The molecular weight excluding hydrogens is 216 g/mol. The zero-order valence-corrected chi connectivity index (χ0v) is 8.99. The molecule has 0 spiro atoms. The minimum atomic E-state index is -0.250. The average molecular weight is 227 g/mol. The van der Waals surface area contributed by atoms with Crippen LogP contribution in [0.25, 0.3) is 0 Å². The van der Waals surface area contributed by atoms with Crippen LogP contribution < -0.4 is 0 Å². The number of carbonyl (C=O) groups is 2. The first-order valence-electron chi connectivity index (χ1n) is 4.50. The summed E-state index contributed by atoms with van der Waals surface area (Å²) in [5.41, 5.74) is 1.95. The number of benzene rings is 1. The van der Waals surface area contributed by atoms with Gasteiger partial charge in [-0.05, 0) is 30.2 Å². The molecule has 0 aromatic heterocycles. The third-order valence-corrected chi connectivity index (χ3v) is 2.54. The predicted molar refractivity (Wildman–Crippen MR) is 57.3 cm³/mol. The van der Waals surface area contributed by atoms with Gasteiger partial charge in [0.15, 0.2) is 5.78 Å². The second kappa shape index (κ2) is 4.94. The first kappa shape index (κ1) is 11.7. The Morgan fingerprint density at radius 3 is 2.73 bits per heavy atom. The first-order chi connectivity index (χ1) is 7.10. The molecule has 2 rings (SSSR count). The van der Waals surface area contributed by atoms with E-state index >= 15 is 0 Å². The van der Waals surface area contributed by atoms with Gasteiger partial charge in [0.05, 0.1) is 0 Å². The van der Waals surface area contributed by atoms with E-state index in [1.807, 2.05) is 19.1 Å². The Balaban J connectivity index is 0.000000337. The molecule has 0 bridgehead atoms. The zero-order chi connectivity index (χ0) is 11.4. The largest absolute Gasteiger partial charge is 0.483 e. The molecule has 1 aromatic rings. The van der Waals surface area contributed by atoms with Crippen LogP contribution in [0, 0.1) is 5.92 Å². The Hall–Kier alpha value is -1.35. The van der Waals surface area contributed by atoms with E-state index in [0.29, 0.717) is 0 Å². The van der Waals surface area contributed by atoms with Gasteiger partial charge in [0.1, 0.15) is 0 Å². The van der Waals surface area contributed by atoms with E-state index in [0.717, 1.165) is 22.6 Å². The summed E-state index contributed by atoms with van der Waals surface area (Å²) in [5, 5.41) is 7.61. The second-order valence-corrected chi connectivity index (χ2v) is 3.81. The molecule has 3 nitrogen and oxygen atoms in total. The van der Waals surface area contributed by atoms with Crippen LogP contribution in [-0.4, -0.2) is 17.4 Å². The third-order valence-electron chi connectivity index (χ3n) is 2.31. The van der Waals surface area contributed by atoms with Crippen LogP contribution in [0.2, 0.25) is 5.02 Å². The SMILES string of the molecule is CC1Cc2cc(Cl)ccc2C1=O.O=CO. The molecule has 0 fully saturated rings. The summed E-state index contributed by atoms with van der Waals surface area (Å²) >= 11 is 5.81. The highest BCUT2D eigenvalue weighted by Gasteiger charge is 2.26. The van der Waals surface area contributed by atoms with Crippen LogP contribution in [0.4, 0.5) is 0 Å². The van der Waals surface area contributed by atoms with Crippen molar-refractivity contribution in [3.63, 3.8) is 0 Å². The monoisotopic (exact) mass is 226 g/mol. The lowest BCUT2D eigenvalue weighted by atomic mass is 10.1. The quantitative estimate of drug-likeness (QED) is 0.692. The van der Waals surface area contributed by atoms with Gasteiger partial charge in [0.25, 0.3) is 6.47 Å². The molecule has 1 unspecified atom stereocenters. The summed E-state index contributed by atoms with van der Waals surface area (Å²) < 4.78 is 0. The normalized spacial score (nSPS) is 17.7. The zero-order valence-electron chi connectivity index (χ0n) is 8.24. The summed E-state index contributed by atoms with van der Waals surface area (Å²) in [5.74, 6) is 0.389. The van der Waals surface area contributed by atoms with Crippen LogP contribution in [0.15, 0.2) is 18.2 Å². The van der Waals surface area contributed by atoms with E-state index in [4.69, 9.17) is 21.5 Å². The molecule has 0 saturated carbocycles. The maximum atomic E-state index is 11.5. The number of carboxylic acid groups (broad SMARTS) is 1. The van der Waals surface area contributed by atoms with Crippen LogP contribution in [0.1, 0.15) is 22.8 Å². The molecule has 80 valence electrons. The van der Waals surface area contributed by atoms with Crippen molar-refractivity contribution in [1.82, 2.24) is 0 Å². The van der Waals surface area contributed by atoms with Crippen LogP contribution in [-0.2, 0) is 11.2 Å². The van der Waals surface area contributed by atoms with Gasteiger partial charge < -0.3 is 5.11 Å². The van der Waals surface area contributed by atoms with Gasteiger partial charge in [-0.15, -0.1) is 0 Å². The number of hydrogen-bond donors (Lipinski definition) is 1. The summed E-state index contributed by atoms with van der Waals surface area (Å²) in [7, 11) is 0. The molecular formula is C11H11ClO3. The highest BCUT2D eigenvalue weighted by Crippen LogP contribution is 2.28. The molecule has 1 aliphatic rings. The fraction of sp³-hybridized carbons (Fsp3) is 0.273. The van der Waals surface area contributed by atoms with Gasteiger partial charge in [-0.25, -0.2) is 0 Å². The minimum absolute atomic E-state index is 0.137. The standard InChI is InChI=1S/C10H9ClO.CH2O2/c1-6-4-7-5-8(11)2-3-9(7)10(6)12;2-1-3/h2-3,5-6H,4H2,1H3;1H,(H,2,3). The van der Waals surface area contributed by atoms with E-state index in [1.54, 1.807) is 6.07 Å². The number of carbonyl (C=O) groups excluding carboxylic acids is 1. The number of rotatable bonds is 0. The van der Waals surface area contributed by atoms with Crippen molar-refractivity contribution in [3.05, 3.63) is 34.3 Å². The van der Waals surface area contributed by atoms with Gasteiger partial charge in [-0.1, -0.05) is 18.5 Å². The molecule has 1 aromatic carbocycles. The van der Waals surface area contributed by atoms with Crippen molar-refractivity contribution in [2.75, 3.05) is 0 Å². The van der Waals surface area contributed by atoms with E-state index in [2.05, 4.69) is 0 Å². The fourth-order valence-electron chi connectivity index (χ4n) is 1.66. The Morgan fingerprint density at radius 2 is 2.13 bits per heavy atom. The molecule has 0 heterocycles. The molecule has 4 heteroatoms. The Morgan fingerprint density at radius 1 is 1.53 bits per heavy atom. The summed E-state index contributed by atoms with van der Waals surface area (Å²) in [6.07, 6.45) is 0.842. The Kier molecular flexibility index (Phi) is 3.86. The molecule has 1 aliphatic carbocycles. The number of hydrogen-bond acceptors (Lipinski definition) is 2. The van der Waals surface area contributed by atoms with E-state index in [-0.39, 0.29) is 18.2 Å². The van der Waals surface area contributed by atoms with E-state index < -0.39 is 0 Å². The van der Waals surface area contributed by atoms with Crippen LogP contribution >= 0.6 is 11.6 Å². The Labute approximate surface area is 92.7 Å². The highest BCUT2D eigenvalue weighted by molar-refractivity contribution is 6.30. The van der Waals surface area contributed by atoms with Crippen molar-refractivity contribution >= 4 is 23.9 Å². The third kappa shape index (κ3) is 2.57. The van der Waals surface area contributed by atoms with Crippen molar-refractivity contribution in [1.29, 1.82) is 0 Å². The maximum Gasteiger partial charge on any atom is 0.290 e. The molecule has 0 radical (unpaired) electrons. The van der Waals surface area contributed by atoms with E-state index in [1.165, 1.54) is 0 Å². The van der Waals surface area contributed by atoms with E-state index in [9.17, 15) is 4.79 Å². The number of halogens is 1. The lowest BCUT2D eigenvalue weighted by Crippen LogP contribution is -2.02. The molecule has 1 N–H and O–H groups in total. The fourth-order valence-corrected chi connectivity index (χ4v) is 1.85. The number of Topliss-reactive ketones (excluding diaryl/α,β-unsaturated/α-hetero) is 1. The number of fused-ring (bicyclic) bond motifs is 1. The Bertz CT molecular complexity index is 387. The van der Waals surface area contributed by atoms with Gasteiger partial charge in [-0.3, -0.25) is 9.59 Å². The molecule has 0 amide bonds. The van der Waals surface area contributed by atoms with Crippen LogP contribution in [0.3, 0.4) is 0 Å². The van der Waals surface area contributed by atoms with Crippen molar-refractivity contribution in [2.24, 2.45) is 5.92 Å². The average Bonchev–Trinajstić information content (AvgIpc) is 2.43. The summed E-state index contributed by atoms with van der Waals surface area (Å²) in [4.78, 5) is 19.8. The lowest BCUT2D eigenvalue weighted by molar-refractivity contribution is -0.122. The lowest BCUT2D eigenvalue weighted by Gasteiger charge is -1.95. The van der Waals surface area contributed by atoms with Crippen molar-refractivity contribution in [3.8, 4) is 0 Å².